The van der Waals surface area contributed by atoms with Gasteiger partial charge in [-0.2, -0.15) is 5.10 Å². The number of thiocarbonyl (C=S) groups is 1. The number of rotatable bonds is 7. The third-order valence-electron chi connectivity index (χ3n) is 5.39. The second kappa shape index (κ2) is 11.3. The third-order valence-corrected chi connectivity index (χ3v) is 5.59. The van der Waals surface area contributed by atoms with Crippen LogP contribution in [0.1, 0.15) is 18.1 Å². The summed E-state index contributed by atoms with van der Waals surface area (Å²) in [5.74, 6) is 0.913. The molecule has 0 fully saturated rings. The minimum absolute atomic E-state index is 0.309. The van der Waals surface area contributed by atoms with E-state index in [4.69, 9.17) is 17.0 Å². The summed E-state index contributed by atoms with van der Waals surface area (Å²) >= 11 is 5.35. The molecule has 0 aliphatic heterocycles. The van der Waals surface area contributed by atoms with Crippen LogP contribution in [0.4, 0.5) is 18.9 Å². The van der Waals surface area contributed by atoms with Crippen LogP contribution < -0.4 is 20.2 Å². The summed E-state index contributed by atoms with van der Waals surface area (Å²) in [6.07, 6.45) is -3.26. The molecule has 8 nitrogen and oxygen atoms in total. The highest BCUT2D eigenvalue weighted by molar-refractivity contribution is 7.80. The zero-order valence-electron chi connectivity index (χ0n) is 20.6. The number of ether oxygens (including phenoxy) is 2. The minimum atomic E-state index is -4.74. The number of benzene rings is 3. The number of nitrogens with one attached hydrogen (secondary N) is 2. The zero-order valence-corrected chi connectivity index (χ0v) is 21.4. The fraction of sp³-hybridized carbons (Fsp3) is 0.154. The van der Waals surface area contributed by atoms with Gasteiger partial charge in [0.05, 0.1) is 18.5 Å². The molecule has 0 unspecified atom stereocenters. The Bertz CT molecular complexity index is 1450. The van der Waals surface area contributed by atoms with Crippen molar-refractivity contribution in [2.75, 3.05) is 12.4 Å². The standard InChI is InChI=1S/C26H23F3N6O2S/c1-16-14-22(36-3)12-13-23(16)31-25(38)33-32-17(2)18-4-6-19(7-5-18)24-30-15-35(34-24)20-8-10-21(11-9-20)37-26(27,28)29/h4-15H,1-3H3,(H2,31,33,38). The first-order valence-corrected chi connectivity index (χ1v) is 11.7. The van der Waals surface area contributed by atoms with Crippen LogP contribution in [0.3, 0.4) is 0 Å². The van der Waals surface area contributed by atoms with E-state index in [2.05, 4.69) is 30.7 Å². The van der Waals surface area contributed by atoms with E-state index < -0.39 is 6.36 Å². The molecule has 0 aliphatic carbocycles. The zero-order chi connectivity index (χ0) is 27.3. The lowest BCUT2D eigenvalue weighted by Crippen LogP contribution is -2.25. The highest BCUT2D eigenvalue weighted by atomic mass is 32.1. The Morgan fingerprint density at radius 1 is 1.00 bits per heavy atom. The van der Waals surface area contributed by atoms with Gasteiger partial charge in [-0.3, -0.25) is 5.43 Å². The number of nitrogens with zero attached hydrogens (tertiary/aromatic N) is 4. The molecule has 4 rings (SSSR count). The molecule has 3 aromatic carbocycles. The molecular formula is C26H23F3N6O2S. The van der Waals surface area contributed by atoms with Crippen molar-refractivity contribution in [1.82, 2.24) is 20.2 Å². The molecule has 0 amide bonds. The number of anilines is 1. The monoisotopic (exact) mass is 540 g/mol. The molecule has 0 saturated heterocycles. The Morgan fingerprint density at radius 3 is 2.32 bits per heavy atom. The average Bonchev–Trinajstić information content (AvgIpc) is 3.38. The summed E-state index contributed by atoms with van der Waals surface area (Å²) in [4.78, 5) is 4.30. The van der Waals surface area contributed by atoms with Crippen LogP contribution in [-0.4, -0.2) is 39.1 Å². The normalized spacial score (nSPS) is 11.7. The lowest BCUT2D eigenvalue weighted by molar-refractivity contribution is -0.274. The predicted molar refractivity (Wildman–Crippen MR) is 143 cm³/mol. The van der Waals surface area contributed by atoms with E-state index in [9.17, 15) is 13.2 Å². The van der Waals surface area contributed by atoms with Gasteiger partial charge in [0.2, 0.25) is 0 Å². The quantitative estimate of drug-likeness (QED) is 0.173. The van der Waals surface area contributed by atoms with E-state index in [0.717, 1.165) is 28.1 Å². The highest BCUT2D eigenvalue weighted by Gasteiger charge is 2.31. The van der Waals surface area contributed by atoms with Gasteiger partial charge in [0, 0.05) is 11.3 Å². The van der Waals surface area contributed by atoms with Crippen molar-refractivity contribution in [3.63, 3.8) is 0 Å². The lowest BCUT2D eigenvalue weighted by Gasteiger charge is -2.11. The van der Waals surface area contributed by atoms with Crippen molar-refractivity contribution in [2.45, 2.75) is 20.2 Å². The predicted octanol–water partition coefficient (Wildman–Crippen LogP) is 5.86. The maximum Gasteiger partial charge on any atom is 0.573 e. The highest BCUT2D eigenvalue weighted by Crippen LogP contribution is 2.24. The topological polar surface area (TPSA) is 85.6 Å². The van der Waals surface area contributed by atoms with E-state index in [1.165, 1.54) is 35.3 Å². The molecule has 1 aromatic heterocycles. The molecule has 2 N–H and O–H groups in total. The molecular weight excluding hydrogens is 517 g/mol. The van der Waals surface area contributed by atoms with E-state index in [-0.39, 0.29) is 5.75 Å². The molecule has 0 saturated carbocycles. The molecule has 0 aliphatic rings. The van der Waals surface area contributed by atoms with Crippen LogP contribution >= 0.6 is 12.2 Å². The first-order chi connectivity index (χ1) is 18.1. The Kier molecular flexibility index (Phi) is 7.91. The van der Waals surface area contributed by atoms with Gasteiger partial charge >= 0.3 is 6.36 Å². The number of alkyl halides is 3. The number of hydrazone groups is 1. The molecule has 4 aromatic rings. The van der Waals surface area contributed by atoms with Gasteiger partial charge in [-0.1, -0.05) is 24.3 Å². The van der Waals surface area contributed by atoms with Gasteiger partial charge < -0.3 is 14.8 Å². The first kappa shape index (κ1) is 26.6. The van der Waals surface area contributed by atoms with Crippen molar-refractivity contribution in [2.24, 2.45) is 5.10 Å². The molecule has 38 heavy (non-hydrogen) atoms. The summed E-state index contributed by atoms with van der Waals surface area (Å²) in [6, 6.07) is 18.4. The number of methoxy groups -OCH3 is 1. The van der Waals surface area contributed by atoms with Crippen LogP contribution in [0.15, 0.2) is 78.2 Å². The summed E-state index contributed by atoms with van der Waals surface area (Å²) in [6.45, 7) is 3.80. The number of hydrogen-bond acceptors (Lipinski definition) is 6. The van der Waals surface area contributed by atoms with Crippen molar-refractivity contribution < 1.29 is 22.6 Å². The molecule has 0 radical (unpaired) electrons. The van der Waals surface area contributed by atoms with Crippen LogP contribution in [-0.2, 0) is 0 Å². The number of aryl methyl sites for hydroxylation is 1. The van der Waals surface area contributed by atoms with Gasteiger partial charge in [-0.05, 0) is 79.7 Å². The Hall–Kier alpha value is -4.45. The summed E-state index contributed by atoms with van der Waals surface area (Å²) in [7, 11) is 1.62. The average molecular weight is 541 g/mol. The smallest absolute Gasteiger partial charge is 0.497 e. The lowest BCUT2D eigenvalue weighted by atomic mass is 10.1. The number of aromatic nitrogens is 3. The van der Waals surface area contributed by atoms with Crippen molar-refractivity contribution >= 4 is 28.7 Å². The summed E-state index contributed by atoms with van der Waals surface area (Å²) < 4.78 is 47.6. The van der Waals surface area contributed by atoms with Crippen LogP contribution in [0.25, 0.3) is 17.1 Å². The largest absolute Gasteiger partial charge is 0.573 e. The Balaban J connectivity index is 1.38. The van der Waals surface area contributed by atoms with Crippen LogP contribution in [0.5, 0.6) is 11.5 Å². The van der Waals surface area contributed by atoms with Crippen molar-refractivity contribution in [1.29, 1.82) is 0 Å². The van der Waals surface area contributed by atoms with Gasteiger partial charge in [0.15, 0.2) is 10.9 Å². The molecule has 0 spiro atoms. The molecule has 12 heteroatoms. The Morgan fingerprint density at radius 2 is 1.68 bits per heavy atom. The van der Waals surface area contributed by atoms with Gasteiger partial charge in [-0.15, -0.1) is 18.3 Å². The summed E-state index contributed by atoms with van der Waals surface area (Å²) in [5, 5.41) is 12.2. The van der Waals surface area contributed by atoms with E-state index >= 15 is 0 Å². The van der Waals surface area contributed by atoms with Gasteiger partial charge in [-0.25, -0.2) is 9.67 Å². The van der Waals surface area contributed by atoms with E-state index in [1.54, 1.807) is 7.11 Å². The van der Waals surface area contributed by atoms with Crippen LogP contribution in [0.2, 0.25) is 0 Å². The number of hydrogen-bond donors (Lipinski definition) is 2. The fourth-order valence-electron chi connectivity index (χ4n) is 3.43. The van der Waals surface area contributed by atoms with E-state index in [1.807, 2.05) is 56.3 Å². The van der Waals surface area contributed by atoms with Gasteiger partial charge in [0.1, 0.15) is 17.8 Å². The van der Waals surface area contributed by atoms with Crippen molar-refractivity contribution in [3.05, 3.63) is 84.2 Å². The van der Waals surface area contributed by atoms with Crippen LogP contribution in [0, 0.1) is 6.92 Å². The SMILES string of the molecule is COc1ccc(NC(=S)NN=C(C)c2ccc(-c3ncn(-c4ccc(OC(F)(F)F)cc4)n3)cc2)c(C)c1. The van der Waals surface area contributed by atoms with E-state index in [0.29, 0.717) is 22.3 Å². The molecule has 0 bridgehead atoms. The molecule has 196 valence electrons. The third kappa shape index (κ3) is 6.85. The first-order valence-electron chi connectivity index (χ1n) is 11.3. The second-order valence-corrected chi connectivity index (χ2v) is 8.48. The molecule has 1 heterocycles. The maximum absolute atomic E-state index is 12.4. The molecule has 0 atom stereocenters. The van der Waals surface area contributed by atoms with Gasteiger partial charge in [0.25, 0.3) is 0 Å². The summed E-state index contributed by atoms with van der Waals surface area (Å²) in [5.41, 5.74) is 7.55. The Labute approximate surface area is 222 Å². The minimum Gasteiger partial charge on any atom is -0.497 e. The maximum atomic E-state index is 12.4. The fourth-order valence-corrected chi connectivity index (χ4v) is 3.59. The second-order valence-electron chi connectivity index (χ2n) is 8.08. The van der Waals surface area contributed by atoms with Crippen molar-refractivity contribution in [3.8, 4) is 28.6 Å². The number of halogens is 3.